The molecule has 0 fully saturated rings. The number of amides is 1. The van der Waals surface area contributed by atoms with Gasteiger partial charge in [-0.3, -0.25) is 14.9 Å². The van der Waals surface area contributed by atoms with Gasteiger partial charge in [0.2, 0.25) is 5.91 Å². The third kappa shape index (κ3) is 3.84. The van der Waals surface area contributed by atoms with Crippen LogP contribution in [0.4, 0.5) is 11.4 Å². The van der Waals surface area contributed by atoms with Crippen molar-refractivity contribution in [1.29, 1.82) is 0 Å². The van der Waals surface area contributed by atoms with Crippen LogP contribution in [0, 0.1) is 10.1 Å². The molecular formula is C21H17N3O3S. The Hall–Kier alpha value is -3.32. The maximum atomic E-state index is 12.2. The molecule has 28 heavy (non-hydrogen) atoms. The minimum atomic E-state index is -0.411. The molecule has 0 atom stereocenters. The fraction of sp³-hybridized carbons (Fsp3) is 0.0952. The number of carbonyl (C=O) groups excluding carboxylic acids is 1. The lowest BCUT2D eigenvalue weighted by molar-refractivity contribution is -0.384. The average molecular weight is 391 g/mol. The molecule has 3 aromatic carbocycles. The summed E-state index contributed by atoms with van der Waals surface area (Å²) in [4.78, 5) is 25.8. The number of benzene rings is 3. The molecular weight excluding hydrogens is 374 g/mol. The highest BCUT2D eigenvalue weighted by Gasteiger charge is 2.11. The Kier molecular flexibility index (Phi) is 4.99. The third-order valence-electron chi connectivity index (χ3n) is 4.49. The molecule has 4 rings (SSSR count). The van der Waals surface area contributed by atoms with Crippen molar-refractivity contribution in [2.24, 2.45) is 0 Å². The van der Waals surface area contributed by atoms with E-state index in [-0.39, 0.29) is 11.6 Å². The molecule has 2 N–H and O–H groups in total. The van der Waals surface area contributed by atoms with Gasteiger partial charge in [-0.2, -0.15) is 0 Å². The van der Waals surface area contributed by atoms with Gasteiger partial charge in [0.25, 0.3) is 5.69 Å². The number of fused-ring (bicyclic) bond motifs is 2. The topological polar surface area (TPSA) is 88.0 Å². The van der Waals surface area contributed by atoms with Crippen LogP contribution in [0.3, 0.4) is 0 Å². The summed E-state index contributed by atoms with van der Waals surface area (Å²) >= 11 is 1.50. The van der Waals surface area contributed by atoms with Gasteiger partial charge >= 0.3 is 0 Å². The van der Waals surface area contributed by atoms with Crippen LogP contribution in [0.5, 0.6) is 0 Å². The Bertz CT molecular complexity index is 1190. The number of anilines is 1. The van der Waals surface area contributed by atoms with Crippen LogP contribution in [-0.4, -0.2) is 21.6 Å². The summed E-state index contributed by atoms with van der Waals surface area (Å²) in [5.41, 5.74) is 2.59. The van der Waals surface area contributed by atoms with E-state index in [4.69, 9.17) is 0 Å². The number of hydrogen-bond donors (Lipinski definition) is 2. The van der Waals surface area contributed by atoms with Crippen LogP contribution in [0.25, 0.3) is 21.7 Å². The van der Waals surface area contributed by atoms with Crippen molar-refractivity contribution >= 4 is 50.7 Å². The summed E-state index contributed by atoms with van der Waals surface area (Å²) in [6, 6.07) is 18.6. The van der Waals surface area contributed by atoms with E-state index >= 15 is 0 Å². The van der Waals surface area contributed by atoms with E-state index in [0.717, 1.165) is 32.9 Å². The van der Waals surface area contributed by atoms with Crippen LogP contribution in [0.1, 0.15) is 5.56 Å². The SMILES string of the molecule is O=C(CSCc1c[nH]c2cc([N+](=O)[O-])ccc12)Nc1ccc2ccccc2c1. The Labute approximate surface area is 165 Å². The van der Waals surface area contributed by atoms with Crippen molar-refractivity contribution < 1.29 is 9.72 Å². The Balaban J connectivity index is 1.36. The second-order valence-corrected chi connectivity index (χ2v) is 7.39. The molecule has 0 aliphatic heterocycles. The third-order valence-corrected chi connectivity index (χ3v) is 5.47. The van der Waals surface area contributed by atoms with Crippen molar-refractivity contribution in [3.05, 3.63) is 82.5 Å². The number of nitro groups is 1. The number of rotatable bonds is 6. The molecule has 0 aliphatic carbocycles. The first-order valence-corrected chi connectivity index (χ1v) is 9.86. The van der Waals surface area contributed by atoms with Gasteiger partial charge in [0, 0.05) is 35.2 Å². The normalized spacial score (nSPS) is 11.0. The molecule has 0 saturated carbocycles. The van der Waals surface area contributed by atoms with E-state index < -0.39 is 4.92 Å². The number of non-ortho nitro benzene ring substituents is 1. The van der Waals surface area contributed by atoms with Gasteiger partial charge in [0.05, 0.1) is 16.2 Å². The molecule has 0 bridgehead atoms. The van der Waals surface area contributed by atoms with Crippen molar-refractivity contribution in [3.63, 3.8) is 0 Å². The van der Waals surface area contributed by atoms with Crippen LogP contribution in [-0.2, 0) is 10.5 Å². The predicted molar refractivity (Wildman–Crippen MR) is 114 cm³/mol. The highest BCUT2D eigenvalue weighted by molar-refractivity contribution is 7.99. The quantitative estimate of drug-likeness (QED) is 0.353. The fourth-order valence-corrected chi connectivity index (χ4v) is 3.94. The van der Waals surface area contributed by atoms with E-state index in [9.17, 15) is 14.9 Å². The van der Waals surface area contributed by atoms with E-state index in [1.54, 1.807) is 6.07 Å². The van der Waals surface area contributed by atoms with Gasteiger partial charge in [-0.15, -0.1) is 11.8 Å². The van der Waals surface area contributed by atoms with Crippen molar-refractivity contribution in [2.45, 2.75) is 5.75 Å². The predicted octanol–water partition coefficient (Wildman–Crippen LogP) is 5.10. The van der Waals surface area contributed by atoms with Crippen LogP contribution >= 0.6 is 11.8 Å². The number of hydrogen-bond acceptors (Lipinski definition) is 4. The number of carbonyl (C=O) groups is 1. The first-order chi connectivity index (χ1) is 13.6. The Morgan fingerprint density at radius 2 is 1.89 bits per heavy atom. The molecule has 1 amide bonds. The Morgan fingerprint density at radius 1 is 1.07 bits per heavy atom. The standard InChI is InChI=1S/C21H17N3O3S/c25-21(23-17-6-5-14-3-1-2-4-15(14)9-17)13-28-12-16-11-22-20-10-18(24(26)27)7-8-19(16)20/h1-11,22H,12-13H2,(H,23,25). The zero-order chi connectivity index (χ0) is 19.5. The summed E-state index contributed by atoms with van der Waals surface area (Å²) < 4.78 is 0. The number of H-pyrrole nitrogens is 1. The monoisotopic (exact) mass is 391 g/mol. The van der Waals surface area contributed by atoms with Crippen LogP contribution in [0.15, 0.2) is 66.9 Å². The molecule has 1 heterocycles. The zero-order valence-electron chi connectivity index (χ0n) is 14.8. The second kappa shape index (κ2) is 7.74. The molecule has 140 valence electrons. The Morgan fingerprint density at radius 3 is 2.71 bits per heavy atom. The maximum Gasteiger partial charge on any atom is 0.271 e. The molecule has 0 aliphatic rings. The number of nitrogens with one attached hydrogen (secondary N) is 2. The highest BCUT2D eigenvalue weighted by atomic mass is 32.2. The minimum Gasteiger partial charge on any atom is -0.361 e. The molecule has 0 radical (unpaired) electrons. The van der Waals surface area contributed by atoms with Crippen LogP contribution < -0.4 is 5.32 Å². The van der Waals surface area contributed by atoms with Gasteiger partial charge in [-0.1, -0.05) is 30.3 Å². The number of aromatic amines is 1. The fourth-order valence-electron chi connectivity index (χ4n) is 3.13. The van der Waals surface area contributed by atoms with E-state index in [2.05, 4.69) is 10.3 Å². The van der Waals surface area contributed by atoms with Gasteiger partial charge in [-0.05, 0) is 34.5 Å². The number of thioether (sulfide) groups is 1. The molecule has 7 heteroatoms. The molecule has 4 aromatic rings. The summed E-state index contributed by atoms with van der Waals surface area (Å²) in [5, 5.41) is 16.9. The van der Waals surface area contributed by atoms with Crippen molar-refractivity contribution in [3.8, 4) is 0 Å². The first-order valence-electron chi connectivity index (χ1n) is 8.71. The van der Waals surface area contributed by atoms with E-state index in [1.807, 2.05) is 48.7 Å². The zero-order valence-corrected chi connectivity index (χ0v) is 15.7. The lowest BCUT2D eigenvalue weighted by Crippen LogP contribution is -2.14. The van der Waals surface area contributed by atoms with E-state index in [0.29, 0.717) is 11.5 Å². The van der Waals surface area contributed by atoms with Crippen molar-refractivity contribution in [1.82, 2.24) is 4.98 Å². The van der Waals surface area contributed by atoms with Gasteiger partial charge in [-0.25, -0.2) is 0 Å². The lowest BCUT2D eigenvalue weighted by Gasteiger charge is -2.06. The molecule has 0 spiro atoms. The highest BCUT2D eigenvalue weighted by Crippen LogP contribution is 2.26. The second-order valence-electron chi connectivity index (χ2n) is 6.40. The van der Waals surface area contributed by atoms with E-state index in [1.165, 1.54) is 23.9 Å². The number of aromatic nitrogens is 1. The molecule has 6 nitrogen and oxygen atoms in total. The molecule has 0 saturated heterocycles. The summed E-state index contributed by atoms with van der Waals surface area (Å²) in [7, 11) is 0. The first kappa shape index (κ1) is 18.1. The molecule has 0 unspecified atom stereocenters. The van der Waals surface area contributed by atoms with Gasteiger partial charge in [0.15, 0.2) is 0 Å². The summed E-state index contributed by atoms with van der Waals surface area (Å²) in [6.07, 6.45) is 1.84. The summed E-state index contributed by atoms with van der Waals surface area (Å²) in [5.74, 6) is 0.908. The maximum absolute atomic E-state index is 12.2. The number of nitrogens with zero attached hydrogens (tertiary/aromatic N) is 1. The minimum absolute atomic E-state index is 0.0586. The number of nitro benzene ring substituents is 1. The lowest BCUT2D eigenvalue weighted by atomic mass is 10.1. The van der Waals surface area contributed by atoms with Gasteiger partial charge < -0.3 is 10.3 Å². The molecule has 1 aromatic heterocycles. The average Bonchev–Trinajstić information content (AvgIpc) is 3.10. The van der Waals surface area contributed by atoms with Gasteiger partial charge in [0.1, 0.15) is 0 Å². The largest absolute Gasteiger partial charge is 0.361 e. The van der Waals surface area contributed by atoms with Crippen LogP contribution in [0.2, 0.25) is 0 Å². The van der Waals surface area contributed by atoms with Crippen molar-refractivity contribution in [2.75, 3.05) is 11.1 Å². The smallest absolute Gasteiger partial charge is 0.271 e. The summed E-state index contributed by atoms with van der Waals surface area (Å²) in [6.45, 7) is 0.